The molecule has 0 fully saturated rings. The highest BCUT2D eigenvalue weighted by Gasteiger charge is 2.08. The van der Waals surface area contributed by atoms with Gasteiger partial charge in [-0.3, -0.25) is 0 Å². The maximum Gasteiger partial charge on any atom is 0.207 e. The molecule has 3 nitrogen and oxygen atoms in total. The number of rotatable bonds is 4. The minimum absolute atomic E-state index is 0.512. The maximum absolute atomic E-state index is 6.14. The van der Waals surface area contributed by atoms with E-state index in [4.69, 9.17) is 23.2 Å². The molecule has 5 heteroatoms. The number of halogens is 2. The zero-order valence-corrected chi connectivity index (χ0v) is 11.8. The van der Waals surface area contributed by atoms with Gasteiger partial charge in [0, 0.05) is 18.9 Å². The standard InChI is InChI=1S/C13H15Cl2N3/c1-9(2)8-18-7-6-16-13(18)17-11-5-3-4-10(14)12(11)15/h3-7,9H,8H2,1-2H3,(H,16,17). The molecule has 1 aromatic heterocycles. The molecule has 2 aromatic rings. The fourth-order valence-electron chi connectivity index (χ4n) is 1.69. The SMILES string of the molecule is CC(C)Cn1ccnc1Nc1cccc(Cl)c1Cl. The lowest BCUT2D eigenvalue weighted by molar-refractivity contribution is 0.527. The quantitative estimate of drug-likeness (QED) is 0.889. The summed E-state index contributed by atoms with van der Waals surface area (Å²) in [6.07, 6.45) is 3.71. The first-order valence-corrected chi connectivity index (χ1v) is 6.55. The van der Waals surface area contributed by atoms with Gasteiger partial charge in [-0.15, -0.1) is 0 Å². The lowest BCUT2D eigenvalue weighted by Gasteiger charge is -2.13. The highest BCUT2D eigenvalue weighted by Crippen LogP contribution is 2.31. The van der Waals surface area contributed by atoms with Crippen molar-refractivity contribution in [2.24, 2.45) is 5.92 Å². The van der Waals surface area contributed by atoms with Crippen LogP contribution in [0, 0.1) is 5.92 Å². The van der Waals surface area contributed by atoms with Crippen molar-refractivity contribution in [1.29, 1.82) is 0 Å². The van der Waals surface area contributed by atoms with Crippen LogP contribution in [-0.2, 0) is 6.54 Å². The van der Waals surface area contributed by atoms with E-state index >= 15 is 0 Å². The number of aromatic nitrogens is 2. The van der Waals surface area contributed by atoms with E-state index in [0.29, 0.717) is 16.0 Å². The fraction of sp³-hybridized carbons (Fsp3) is 0.308. The zero-order chi connectivity index (χ0) is 13.1. The maximum atomic E-state index is 6.14. The third-order valence-corrected chi connectivity index (χ3v) is 3.29. The number of benzene rings is 1. The van der Waals surface area contributed by atoms with Gasteiger partial charge < -0.3 is 9.88 Å². The summed E-state index contributed by atoms with van der Waals surface area (Å²) in [4.78, 5) is 4.29. The van der Waals surface area contributed by atoms with Crippen LogP contribution in [0.1, 0.15) is 13.8 Å². The molecule has 0 saturated heterocycles. The van der Waals surface area contributed by atoms with Gasteiger partial charge in [-0.05, 0) is 18.1 Å². The van der Waals surface area contributed by atoms with Crippen LogP contribution < -0.4 is 5.32 Å². The summed E-state index contributed by atoms with van der Waals surface area (Å²) in [5.41, 5.74) is 0.764. The summed E-state index contributed by atoms with van der Waals surface area (Å²) in [6, 6.07) is 5.49. The molecule has 0 spiro atoms. The molecule has 1 heterocycles. The van der Waals surface area contributed by atoms with E-state index in [1.54, 1.807) is 12.3 Å². The molecule has 0 amide bonds. The van der Waals surface area contributed by atoms with Crippen LogP contribution in [0.25, 0.3) is 0 Å². The van der Waals surface area contributed by atoms with Crippen LogP contribution in [0.2, 0.25) is 10.0 Å². The largest absolute Gasteiger partial charge is 0.324 e. The average Bonchev–Trinajstić information content (AvgIpc) is 2.72. The summed E-state index contributed by atoms with van der Waals surface area (Å²) in [6.45, 7) is 5.23. The van der Waals surface area contributed by atoms with Crippen LogP contribution in [0.5, 0.6) is 0 Å². The molecule has 0 radical (unpaired) electrons. The third-order valence-electron chi connectivity index (χ3n) is 2.48. The molecule has 0 unspecified atom stereocenters. The Bertz CT molecular complexity index is 535. The van der Waals surface area contributed by atoms with Crippen molar-refractivity contribution in [3.63, 3.8) is 0 Å². The van der Waals surface area contributed by atoms with Gasteiger partial charge in [0.15, 0.2) is 0 Å². The second-order valence-electron chi connectivity index (χ2n) is 4.52. The number of anilines is 2. The Kier molecular flexibility index (Phi) is 4.15. The van der Waals surface area contributed by atoms with Crippen molar-refractivity contribution in [3.8, 4) is 0 Å². The summed E-state index contributed by atoms with van der Waals surface area (Å²) in [5.74, 6) is 1.32. The second-order valence-corrected chi connectivity index (χ2v) is 5.31. The highest BCUT2D eigenvalue weighted by atomic mass is 35.5. The molecule has 0 aliphatic carbocycles. The van der Waals surface area contributed by atoms with Crippen molar-refractivity contribution in [2.45, 2.75) is 20.4 Å². The number of nitrogens with one attached hydrogen (secondary N) is 1. The molecule has 1 N–H and O–H groups in total. The predicted molar refractivity (Wildman–Crippen MR) is 76.8 cm³/mol. The summed E-state index contributed by atoms with van der Waals surface area (Å²) in [5, 5.41) is 4.25. The van der Waals surface area contributed by atoms with Crippen LogP contribution in [0.15, 0.2) is 30.6 Å². The average molecular weight is 284 g/mol. The van der Waals surface area contributed by atoms with Crippen molar-refractivity contribution in [1.82, 2.24) is 9.55 Å². The van der Waals surface area contributed by atoms with Crippen LogP contribution >= 0.6 is 23.2 Å². The third kappa shape index (κ3) is 2.98. The Labute approximate surface area is 117 Å². The van der Waals surface area contributed by atoms with Gasteiger partial charge in [0.05, 0.1) is 15.7 Å². The van der Waals surface area contributed by atoms with Crippen LogP contribution in [0.3, 0.4) is 0 Å². The minimum Gasteiger partial charge on any atom is -0.324 e. The molecule has 0 aliphatic rings. The zero-order valence-electron chi connectivity index (χ0n) is 10.3. The van der Waals surface area contributed by atoms with E-state index in [0.717, 1.165) is 18.2 Å². The summed E-state index contributed by atoms with van der Waals surface area (Å²) < 4.78 is 2.06. The molecule has 96 valence electrons. The first-order valence-electron chi connectivity index (χ1n) is 5.80. The second kappa shape index (κ2) is 5.63. The van der Waals surface area contributed by atoms with Gasteiger partial charge in [-0.25, -0.2) is 4.98 Å². The van der Waals surface area contributed by atoms with E-state index < -0.39 is 0 Å². The van der Waals surface area contributed by atoms with Gasteiger partial charge in [-0.2, -0.15) is 0 Å². The van der Waals surface area contributed by atoms with E-state index in [1.807, 2.05) is 18.3 Å². The number of imidazole rings is 1. The van der Waals surface area contributed by atoms with Gasteiger partial charge in [-0.1, -0.05) is 43.1 Å². The molecule has 0 bridgehead atoms. The van der Waals surface area contributed by atoms with Gasteiger partial charge in [0.2, 0.25) is 5.95 Å². The molecule has 18 heavy (non-hydrogen) atoms. The van der Waals surface area contributed by atoms with Crippen molar-refractivity contribution >= 4 is 34.8 Å². The fourth-order valence-corrected chi connectivity index (χ4v) is 2.04. The molecular weight excluding hydrogens is 269 g/mol. The highest BCUT2D eigenvalue weighted by molar-refractivity contribution is 6.43. The van der Waals surface area contributed by atoms with E-state index in [1.165, 1.54) is 0 Å². The van der Waals surface area contributed by atoms with Crippen LogP contribution in [0.4, 0.5) is 11.6 Å². The van der Waals surface area contributed by atoms with Crippen LogP contribution in [-0.4, -0.2) is 9.55 Å². The normalized spacial score (nSPS) is 10.9. The Morgan fingerprint density at radius 3 is 2.83 bits per heavy atom. The van der Waals surface area contributed by atoms with Crippen molar-refractivity contribution < 1.29 is 0 Å². The van der Waals surface area contributed by atoms with Gasteiger partial charge in [0.1, 0.15) is 0 Å². The van der Waals surface area contributed by atoms with Crippen molar-refractivity contribution in [3.05, 3.63) is 40.6 Å². The molecule has 0 aliphatic heterocycles. The monoisotopic (exact) mass is 283 g/mol. The molecule has 0 atom stereocenters. The first kappa shape index (κ1) is 13.2. The molecular formula is C13H15Cl2N3. The smallest absolute Gasteiger partial charge is 0.207 e. The first-order chi connectivity index (χ1) is 8.58. The van der Waals surface area contributed by atoms with Gasteiger partial charge >= 0.3 is 0 Å². The van der Waals surface area contributed by atoms with Crippen molar-refractivity contribution in [2.75, 3.05) is 5.32 Å². The van der Waals surface area contributed by atoms with E-state index in [9.17, 15) is 0 Å². The van der Waals surface area contributed by atoms with Gasteiger partial charge in [0.25, 0.3) is 0 Å². The predicted octanol–water partition coefficient (Wildman–Crippen LogP) is 4.59. The van der Waals surface area contributed by atoms with E-state index in [-0.39, 0.29) is 0 Å². The Morgan fingerprint density at radius 2 is 2.11 bits per heavy atom. The number of nitrogens with zero attached hydrogens (tertiary/aromatic N) is 2. The van der Waals surface area contributed by atoms with E-state index in [2.05, 4.69) is 28.7 Å². The number of hydrogen-bond donors (Lipinski definition) is 1. The topological polar surface area (TPSA) is 29.9 Å². The lowest BCUT2D eigenvalue weighted by Crippen LogP contribution is -2.07. The molecule has 2 rings (SSSR count). The molecule has 1 aromatic carbocycles. The minimum atomic E-state index is 0.512. The Hall–Kier alpha value is -1.19. The Balaban J connectivity index is 2.24. The lowest BCUT2D eigenvalue weighted by atomic mass is 10.2. The molecule has 0 saturated carbocycles. The number of hydrogen-bond acceptors (Lipinski definition) is 2. The summed E-state index contributed by atoms with van der Waals surface area (Å²) in [7, 11) is 0. The summed E-state index contributed by atoms with van der Waals surface area (Å²) >= 11 is 12.1. The Morgan fingerprint density at radius 1 is 1.33 bits per heavy atom.